The molecular formula is C15H21BrCl2O. The Kier molecular flexibility index (Phi) is 6.99. The summed E-state index contributed by atoms with van der Waals surface area (Å²) in [7, 11) is 1.68. The molecule has 1 aromatic carbocycles. The molecule has 0 saturated heterocycles. The predicted molar refractivity (Wildman–Crippen MR) is 87.7 cm³/mol. The maximum Gasteiger partial charge on any atom is 0.119 e. The number of hydrogen-bond donors (Lipinski definition) is 0. The maximum absolute atomic E-state index is 6.21. The Balaban J connectivity index is 3.01. The fourth-order valence-corrected chi connectivity index (χ4v) is 3.47. The van der Waals surface area contributed by atoms with E-state index >= 15 is 0 Å². The van der Waals surface area contributed by atoms with Gasteiger partial charge in [-0.25, -0.2) is 0 Å². The summed E-state index contributed by atoms with van der Waals surface area (Å²) in [5.74, 6) is 2.57. The van der Waals surface area contributed by atoms with Gasteiger partial charge in [0.2, 0.25) is 0 Å². The van der Waals surface area contributed by atoms with E-state index in [1.807, 2.05) is 12.1 Å². The number of rotatable bonds is 7. The fraction of sp³-hybridized carbons (Fsp3) is 0.600. The van der Waals surface area contributed by atoms with Crippen molar-refractivity contribution in [2.45, 2.75) is 26.7 Å². The second kappa shape index (κ2) is 7.75. The molecule has 0 spiro atoms. The molecule has 108 valence electrons. The summed E-state index contributed by atoms with van der Waals surface area (Å²) in [5.41, 5.74) is 1.13. The first-order valence-electron chi connectivity index (χ1n) is 6.40. The van der Waals surface area contributed by atoms with Crippen molar-refractivity contribution in [3.63, 3.8) is 0 Å². The Morgan fingerprint density at radius 1 is 1.26 bits per heavy atom. The van der Waals surface area contributed by atoms with E-state index < -0.39 is 0 Å². The summed E-state index contributed by atoms with van der Waals surface area (Å²) >= 11 is 16.0. The van der Waals surface area contributed by atoms with Crippen LogP contribution in [0, 0.1) is 11.3 Å². The monoisotopic (exact) mass is 366 g/mol. The van der Waals surface area contributed by atoms with Gasteiger partial charge in [0.1, 0.15) is 5.75 Å². The van der Waals surface area contributed by atoms with Gasteiger partial charge in [-0.2, -0.15) is 0 Å². The molecule has 0 atom stereocenters. The molecule has 1 aromatic rings. The maximum atomic E-state index is 6.21. The zero-order valence-electron chi connectivity index (χ0n) is 11.7. The number of hydrogen-bond acceptors (Lipinski definition) is 1. The molecule has 0 aliphatic rings. The number of halogens is 3. The zero-order valence-corrected chi connectivity index (χ0v) is 14.8. The smallest absolute Gasteiger partial charge is 0.119 e. The Hall–Kier alpha value is 0.0800. The van der Waals surface area contributed by atoms with E-state index in [0.29, 0.717) is 17.7 Å². The largest absolute Gasteiger partial charge is 0.497 e. The van der Waals surface area contributed by atoms with Gasteiger partial charge in [0, 0.05) is 21.6 Å². The minimum absolute atomic E-state index is 0.0633. The van der Waals surface area contributed by atoms with Crippen LogP contribution in [0.25, 0.3) is 0 Å². The van der Waals surface area contributed by atoms with Gasteiger partial charge in [-0.1, -0.05) is 29.8 Å². The second-order valence-electron chi connectivity index (χ2n) is 5.50. The van der Waals surface area contributed by atoms with Crippen molar-refractivity contribution in [2.24, 2.45) is 11.3 Å². The Morgan fingerprint density at radius 3 is 2.37 bits per heavy atom. The molecule has 1 rings (SSSR count). The van der Waals surface area contributed by atoms with E-state index in [1.54, 1.807) is 7.11 Å². The minimum atomic E-state index is -0.0633. The Labute approximate surface area is 134 Å². The van der Waals surface area contributed by atoms with E-state index in [-0.39, 0.29) is 5.41 Å². The fourth-order valence-electron chi connectivity index (χ4n) is 2.40. The average Bonchev–Trinajstić information content (AvgIpc) is 2.39. The Bertz CT molecular complexity index is 403. The average molecular weight is 368 g/mol. The van der Waals surface area contributed by atoms with Crippen LogP contribution in [0.3, 0.4) is 0 Å². The van der Waals surface area contributed by atoms with E-state index in [9.17, 15) is 0 Å². The van der Waals surface area contributed by atoms with Crippen molar-refractivity contribution in [1.82, 2.24) is 0 Å². The van der Waals surface area contributed by atoms with Crippen LogP contribution < -0.4 is 4.74 Å². The second-order valence-corrected chi connectivity index (χ2v) is 6.89. The summed E-state index contributed by atoms with van der Waals surface area (Å²) in [6.45, 7) is 4.41. The van der Waals surface area contributed by atoms with Gasteiger partial charge < -0.3 is 4.74 Å². The van der Waals surface area contributed by atoms with Gasteiger partial charge in [-0.15, -0.1) is 23.2 Å². The normalized spacial score (nSPS) is 11.9. The lowest BCUT2D eigenvalue weighted by Crippen LogP contribution is -2.30. The van der Waals surface area contributed by atoms with E-state index in [0.717, 1.165) is 23.1 Å². The lowest BCUT2D eigenvalue weighted by atomic mass is 9.78. The summed E-state index contributed by atoms with van der Waals surface area (Å²) in [6.07, 6.45) is 1.87. The first kappa shape index (κ1) is 17.1. The summed E-state index contributed by atoms with van der Waals surface area (Å²) in [6, 6.07) is 6.01. The van der Waals surface area contributed by atoms with Crippen LogP contribution in [-0.2, 0) is 6.42 Å². The Morgan fingerprint density at radius 2 is 1.89 bits per heavy atom. The standard InChI is InChI=1S/C15H21BrCl2O/c1-11(2)7-15(9-17,10-18)8-12-6-13(19-3)4-5-14(12)16/h4-6,11H,7-10H2,1-3H3. The quantitative estimate of drug-likeness (QED) is 0.577. The molecule has 0 aliphatic heterocycles. The van der Waals surface area contributed by atoms with E-state index in [2.05, 4.69) is 35.8 Å². The molecule has 19 heavy (non-hydrogen) atoms. The molecule has 0 saturated carbocycles. The van der Waals surface area contributed by atoms with Crippen molar-refractivity contribution in [2.75, 3.05) is 18.9 Å². The molecule has 0 N–H and O–H groups in total. The van der Waals surface area contributed by atoms with Crippen LogP contribution in [0.2, 0.25) is 0 Å². The summed E-state index contributed by atoms with van der Waals surface area (Å²) in [4.78, 5) is 0. The molecular weight excluding hydrogens is 347 g/mol. The first-order chi connectivity index (χ1) is 8.96. The third-order valence-electron chi connectivity index (χ3n) is 3.23. The highest BCUT2D eigenvalue weighted by Crippen LogP contribution is 2.36. The SMILES string of the molecule is COc1ccc(Br)c(CC(CCl)(CCl)CC(C)C)c1. The topological polar surface area (TPSA) is 9.23 Å². The van der Waals surface area contributed by atoms with Gasteiger partial charge in [-0.3, -0.25) is 0 Å². The first-order valence-corrected chi connectivity index (χ1v) is 8.27. The van der Waals surface area contributed by atoms with Gasteiger partial charge >= 0.3 is 0 Å². The summed E-state index contributed by atoms with van der Waals surface area (Å²) < 4.78 is 6.37. The third-order valence-corrected chi connectivity index (χ3v) is 5.13. The molecule has 0 radical (unpaired) electrons. The van der Waals surface area contributed by atoms with Gasteiger partial charge in [0.25, 0.3) is 0 Å². The molecule has 0 fully saturated rings. The number of methoxy groups -OCH3 is 1. The third kappa shape index (κ3) is 4.84. The lowest BCUT2D eigenvalue weighted by Gasteiger charge is -2.32. The molecule has 0 aliphatic carbocycles. The summed E-state index contributed by atoms with van der Waals surface area (Å²) in [5, 5.41) is 0. The molecule has 0 heterocycles. The van der Waals surface area contributed by atoms with Crippen LogP contribution >= 0.6 is 39.1 Å². The molecule has 0 unspecified atom stereocenters. The van der Waals surface area contributed by atoms with Crippen molar-refractivity contribution < 1.29 is 4.74 Å². The van der Waals surface area contributed by atoms with Gasteiger partial charge in [0.15, 0.2) is 0 Å². The predicted octanol–water partition coefficient (Wildman–Crippen LogP) is 5.51. The highest BCUT2D eigenvalue weighted by Gasteiger charge is 2.30. The van der Waals surface area contributed by atoms with Crippen LogP contribution in [0.5, 0.6) is 5.75 Å². The van der Waals surface area contributed by atoms with Crippen LogP contribution in [0.1, 0.15) is 25.8 Å². The highest BCUT2D eigenvalue weighted by molar-refractivity contribution is 9.10. The van der Waals surface area contributed by atoms with Gasteiger partial charge in [-0.05, 0) is 42.5 Å². The van der Waals surface area contributed by atoms with Gasteiger partial charge in [0.05, 0.1) is 7.11 Å². The molecule has 0 aromatic heterocycles. The minimum Gasteiger partial charge on any atom is -0.497 e. The van der Waals surface area contributed by atoms with Crippen LogP contribution in [0.4, 0.5) is 0 Å². The van der Waals surface area contributed by atoms with Crippen LogP contribution in [-0.4, -0.2) is 18.9 Å². The molecule has 0 bridgehead atoms. The lowest BCUT2D eigenvalue weighted by molar-refractivity contribution is 0.294. The van der Waals surface area contributed by atoms with Crippen LogP contribution in [0.15, 0.2) is 22.7 Å². The van der Waals surface area contributed by atoms with E-state index in [1.165, 1.54) is 5.56 Å². The number of ether oxygens (including phenoxy) is 1. The molecule has 4 heteroatoms. The van der Waals surface area contributed by atoms with Crippen molar-refractivity contribution in [1.29, 1.82) is 0 Å². The van der Waals surface area contributed by atoms with Crippen molar-refractivity contribution in [3.8, 4) is 5.75 Å². The van der Waals surface area contributed by atoms with E-state index in [4.69, 9.17) is 27.9 Å². The van der Waals surface area contributed by atoms with Crippen molar-refractivity contribution in [3.05, 3.63) is 28.2 Å². The molecule has 1 nitrogen and oxygen atoms in total. The number of benzene rings is 1. The highest BCUT2D eigenvalue weighted by atomic mass is 79.9. The zero-order chi connectivity index (χ0) is 14.5. The number of alkyl halides is 2. The molecule has 0 amide bonds. The van der Waals surface area contributed by atoms with Crippen molar-refractivity contribution >= 4 is 39.1 Å².